The molecule has 0 saturated carbocycles. The van der Waals surface area contributed by atoms with Crippen molar-refractivity contribution in [3.63, 3.8) is 0 Å². The van der Waals surface area contributed by atoms with E-state index in [1.807, 2.05) is 31.2 Å². The Kier molecular flexibility index (Phi) is 4.79. The number of rotatable bonds is 4. The molecule has 1 amide bonds. The zero-order chi connectivity index (χ0) is 16.2. The number of benzene rings is 2. The average Bonchev–Trinajstić information content (AvgIpc) is 2.55. The topological polar surface area (TPSA) is 54.9 Å². The number of fused-ring (bicyclic) bond motifs is 1. The van der Waals surface area contributed by atoms with Crippen molar-refractivity contribution < 1.29 is 4.79 Å². The van der Waals surface area contributed by atoms with E-state index in [1.165, 1.54) is 18.1 Å². The normalized spacial score (nSPS) is 12.1. The van der Waals surface area contributed by atoms with Crippen molar-refractivity contribution in [2.75, 3.05) is 5.32 Å². The van der Waals surface area contributed by atoms with Gasteiger partial charge in [0.1, 0.15) is 11.4 Å². The van der Waals surface area contributed by atoms with Crippen molar-refractivity contribution in [3.05, 3.63) is 59.9 Å². The minimum Gasteiger partial charge on any atom is -0.325 e. The summed E-state index contributed by atoms with van der Waals surface area (Å²) in [5.74, 6) is -0.0973. The number of thioether (sulfide) groups is 1. The molecular formula is C17H14ClN3OS. The highest BCUT2D eigenvalue weighted by Gasteiger charge is 2.17. The van der Waals surface area contributed by atoms with Crippen molar-refractivity contribution in [1.82, 2.24) is 9.97 Å². The molecular weight excluding hydrogens is 330 g/mol. The quantitative estimate of drug-likeness (QED) is 0.563. The van der Waals surface area contributed by atoms with E-state index in [4.69, 9.17) is 11.6 Å². The molecule has 2 aromatic carbocycles. The van der Waals surface area contributed by atoms with Gasteiger partial charge in [0, 0.05) is 16.1 Å². The van der Waals surface area contributed by atoms with Gasteiger partial charge in [-0.25, -0.2) is 9.97 Å². The van der Waals surface area contributed by atoms with Crippen LogP contribution in [0.2, 0.25) is 5.02 Å². The lowest BCUT2D eigenvalue weighted by molar-refractivity contribution is -0.115. The summed E-state index contributed by atoms with van der Waals surface area (Å²) in [5, 5.41) is 4.89. The van der Waals surface area contributed by atoms with Crippen molar-refractivity contribution in [1.29, 1.82) is 0 Å². The number of carbonyl (C=O) groups is 1. The molecule has 0 aliphatic rings. The van der Waals surface area contributed by atoms with Crippen molar-refractivity contribution in [2.45, 2.75) is 17.2 Å². The van der Waals surface area contributed by atoms with Gasteiger partial charge in [0.25, 0.3) is 0 Å². The first-order valence-electron chi connectivity index (χ1n) is 7.06. The first-order valence-corrected chi connectivity index (χ1v) is 8.32. The fourth-order valence-electron chi connectivity index (χ4n) is 2.11. The molecule has 1 heterocycles. The van der Waals surface area contributed by atoms with E-state index in [-0.39, 0.29) is 11.2 Å². The predicted molar refractivity (Wildman–Crippen MR) is 94.9 cm³/mol. The number of para-hydroxylation sites is 1. The molecule has 0 spiro atoms. The van der Waals surface area contributed by atoms with Gasteiger partial charge in [0.2, 0.25) is 5.91 Å². The van der Waals surface area contributed by atoms with Crippen LogP contribution in [0.5, 0.6) is 0 Å². The number of aromatic nitrogens is 2. The minimum absolute atomic E-state index is 0.0973. The van der Waals surface area contributed by atoms with Gasteiger partial charge in [-0.3, -0.25) is 4.79 Å². The van der Waals surface area contributed by atoms with Gasteiger partial charge in [-0.2, -0.15) is 0 Å². The third-order valence-electron chi connectivity index (χ3n) is 3.26. The Hall–Kier alpha value is -2.11. The maximum absolute atomic E-state index is 12.3. The van der Waals surface area contributed by atoms with Crippen LogP contribution in [-0.2, 0) is 4.79 Å². The first kappa shape index (κ1) is 15.8. The smallest absolute Gasteiger partial charge is 0.237 e. The van der Waals surface area contributed by atoms with E-state index in [2.05, 4.69) is 15.3 Å². The van der Waals surface area contributed by atoms with Gasteiger partial charge in [-0.15, -0.1) is 0 Å². The van der Waals surface area contributed by atoms with Crippen LogP contribution < -0.4 is 5.32 Å². The molecule has 0 saturated heterocycles. The predicted octanol–water partition coefficient (Wildman–Crippen LogP) is 4.40. The lowest BCUT2D eigenvalue weighted by Crippen LogP contribution is -2.22. The van der Waals surface area contributed by atoms with E-state index in [0.29, 0.717) is 10.7 Å². The number of nitrogens with one attached hydrogen (secondary N) is 1. The third-order valence-corrected chi connectivity index (χ3v) is 4.61. The highest BCUT2D eigenvalue weighted by atomic mass is 35.5. The second-order valence-electron chi connectivity index (χ2n) is 4.96. The molecule has 6 heteroatoms. The molecule has 3 rings (SSSR count). The van der Waals surface area contributed by atoms with Crippen LogP contribution >= 0.6 is 23.4 Å². The van der Waals surface area contributed by atoms with E-state index < -0.39 is 0 Å². The zero-order valence-corrected chi connectivity index (χ0v) is 13.9. The maximum Gasteiger partial charge on any atom is 0.237 e. The van der Waals surface area contributed by atoms with Crippen LogP contribution in [0.25, 0.3) is 10.9 Å². The maximum atomic E-state index is 12.3. The molecule has 0 unspecified atom stereocenters. The van der Waals surface area contributed by atoms with Gasteiger partial charge in [-0.1, -0.05) is 47.6 Å². The minimum atomic E-state index is -0.299. The summed E-state index contributed by atoms with van der Waals surface area (Å²) in [5.41, 5.74) is 1.55. The number of anilines is 1. The second kappa shape index (κ2) is 6.98. The van der Waals surface area contributed by atoms with Gasteiger partial charge in [0.05, 0.1) is 10.8 Å². The lowest BCUT2D eigenvalue weighted by Gasteiger charge is -2.12. The Balaban J connectivity index is 1.75. The Bertz CT molecular complexity index is 851. The Morgan fingerprint density at radius 3 is 2.83 bits per heavy atom. The standard InChI is InChI=1S/C17H14ClN3OS/c1-11(16(22)21-13-6-4-5-12(18)9-13)23-17-14-7-2-3-8-15(14)19-10-20-17/h2-11H,1H3,(H,21,22)/t11-/m0/s1. The van der Waals surface area contributed by atoms with E-state index in [9.17, 15) is 4.79 Å². The van der Waals surface area contributed by atoms with Gasteiger partial charge >= 0.3 is 0 Å². The Morgan fingerprint density at radius 1 is 1.17 bits per heavy atom. The number of amides is 1. The van der Waals surface area contributed by atoms with Crippen LogP contribution in [0.15, 0.2) is 59.9 Å². The number of halogens is 1. The number of hydrogen-bond donors (Lipinski definition) is 1. The SMILES string of the molecule is C[C@H](Sc1ncnc2ccccc12)C(=O)Nc1cccc(Cl)c1. The van der Waals surface area contributed by atoms with Crippen molar-refractivity contribution in [2.24, 2.45) is 0 Å². The van der Waals surface area contributed by atoms with Crippen LogP contribution in [-0.4, -0.2) is 21.1 Å². The number of nitrogens with zero attached hydrogens (tertiary/aromatic N) is 2. The molecule has 3 aromatic rings. The van der Waals surface area contributed by atoms with Gasteiger partial charge in [-0.05, 0) is 31.2 Å². The van der Waals surface area contributed by atoms with Crippen molar-refractivity contribution >= 4 is 45.9 Å². The molecule has 0 bridgehead atoms. The Morgan fingerprint density at radius 2 is 2.00 bits per heavy atom. The zero-order valence-electron chi connectivity index (χ0n) is 12.4. The lowest BCUT2D eigenvalue weighted by atomic mass is 10.2. The molecule has 0 aliphatic carbocycles. The van der Waals surface area contributed by atoms with E-state index in [1.54, 1.807) is 24.3 Å². The molecule has 1 atom stereocenters. The van der Waals surface area contributed by atoms with E-state index >= 15 is 0 Å². The van der Waals surface area contributed by atoms with E-state index in [0.717, 1.165) is 15.9 Å². The monoisotopic (exact) mass is 343 g/mol. The molecule has 1 N–H and O–H groups in total. The van der Waals surface area contributed by atoms with Crippen LogP contribution in [0.4, 0.5) is 5.69 Å². The Labute approximate surface area is 143 Å². The number of hydrogen-bond acceptors (Lipinski definition) is 4. The summed E-state index contributed by atoms with van der Waals surface area (Å²) >= 11 is 7.34. The van der Waals surface area contributed by atoms with Crippen molar-refractivity contribution in [3.8, 4) is 0 Å². The van der Waals surface area contributed by atoms with Crippen LogP contribution in [0.3, 0.4) is 0 Å². The van der Waals surface area contributed by atoms with Crippen LogP contribution in [0.1, 0.15) is 6.92 Å². The fourth-order valence-corrected chi connectivity index (χ4v) is 3.20. The second-order valence-corrected chi connectivity index (χ2v) is 6.72. The molecule has 0 fully saturated rings. The summed E-state index contributed by atoms with van der Waals surface area (Å²) in [6, 6.07) is 14.8. The highest BCUT2D eigenvalue weighted by molar-refractivity contribution is 8.00. The molecule has 116 valence electrons. The summed E-state index contributed by atoms with van der Waals surface area (Å²) in [6.45, 7) is 1.85. The summed E-state index contributed by atoms with van der Waals surface area (Å²) in [6.07, 6.45) is 1.52. The third kappa shape index (κ3) is 3.81. The number of carbonyl (C=O) groups excluding carboxylic acids is 1. The summed E-state index contributed by atoms with van der Waals surface area (Å²) in [7, 11) is 0. The highest BCUT2D eigenvalue weighted by Crippen LogP contribution is 2.28. The first-order chi connectivity index (χ1) is 11.1. The molecule has 0 aliphatic heterocycles. The van der Waals surface area contributed by atoms with Gasteiger partial charge < -0.3 is 5.32 Å². The van der Waals surface area contributed by atoms with Crippen LogP contribution in [0, 0.1) is 0 Å². The van der Waals surface area contributed by atoms with Gasteiger partial charge in [0.15, 0.2) is 0 Å². The average molecular weight is 344 g/mol. The summed E-state index contributed by atoms with van der Waals surface area (Å²) in [4.78, 5) is 20.9. The molecule has 4 nitrogen and oxygen atoms in total. The molecule has 23 heavy (non-hydrogen) atoms. The largest absolute Gasteiger partial charge is 0.325 e. The molecule has 1 aromatic heterocycles. The molecule has 0 radical (unpaired) electrons. The summed E-state index contributed by atoms with van der Waals surface area (Å²) < 4.78 is 0. The fraction of sp³-hybridized carbons (Fsp3) is 0.118.